The fourth-order valence-corrected chi connectivity index (χ4v) is 10.9. The van der Waals surface area contributed by atoms with Crippen LogP contribution in [0.1, 0.15) is 127 Å². The minimum absolute atomic E-state index is 0.0833. The number of aromatic hydroxyl groups is 2. The van der Waals surface area contributed by atoms with E-state index < -0.39 is 59.4 Å². The van der Waals surface area contributed by atoms with Gasteiger partial charge in [0.1, 0.15) is 52.6 Å². The molecule has 0 spiro atoms. The Hall–Kier alpha value is -8.22. The number of nitrogens with one attached hydrogen (secondary N) is 5. The molecular formula is C63H80N8O11. The fraction of sp³-hybridized carbons (Fsp3) is 0.460. The molecule has 6 amide bonds. The minimum Gasteiger partial charge on any atom is -0.508 e. The number of fused-ring (bicyclic) bond motifs is 2. The number of alkyl carbamates (subject to hydrolysis) is 2. The summed E-state index contributed by atoms with van der Waals surface area (Å²) in [6, 6.07) is 17.6. The topological polar surface area (TPSA) is 262 Å². The van der Waals surface area contributed by atoms with E-state index >= 15 is 0 Å². The molecule has 82 heavy (non-hydrogen) atoms. The summed E-state index contributed by atoms with van der Waals surface area (Å²) in [6.45, 7) is 20.1. The average Bonchev–Trinajstić information content (AvgIpc) is 3.23. The van der Waals surface area contributed by atoms with Crippen molar-refractivity contribution in [1.29, 1.82) is 0 Å². The second kappa shape index (κ2) is 26.1. The number of hydrogen-bond acceptors (Lipinski definition) is 12. The van der Waals surface area contributed by atoms with E-state index in [9.17, 15) is 43.8 Å². The van der Waals surface area contributed by atoms with E-state index in [4.69, 9.17) is 9.47 Å². The Morgan fingerprint density at radius 3 is 1.38 bits per heavy atom. The quantitative estimate of drug-likeness (QED) is 0.0438. The molecule has 19 nitrogen and oxygen atoms in total. The number of carbonyl (C=O) groups is 6. The maximum atomic E-state index is 14.8. The Labute approximate surface area is 480 Å². The summed E-state index contributed by atoms with van der Waals surface area (Å²) >= 11 is 0. The second-order valence-corrected chi connectivity index (χ2v) is 23.7. The minimum atomic E-state index is -1.11. The third-order valence-electron chi connectivity index (χ3n) is 14.9. The first kappa shape index (κ1) is 61.4. The summed E-state index contributed by atoms with van der Waals surface area (Å²) in [7, 11) is 0. The van der Waals surface area contributed by atoms with Gasteiger partial charge in [-0.2, -0.15) is 0 Å². The lowest BCUT2D eigenvalue weighted by Gasteiger charge is -2.38. The van der Waals surface area contributed by atoms with Crippen molar-refractivity contribution in [2.24, 2.45) is 0 Å². The second-order valence-electron chi connectivity index (χ2n) is 23.7. The maximum absolute atomic E-state index is 14.8. The number of aromatic amines is 1. The van der Waals surface area contributed by atoms with Crippen molar-refractivity contribution in [3.63, 3.8) is 0 Å². The Balaban J connectivity index is 0.974. The summed E-state index contributed by atoms with van der Waals surface area (Å²) in [5.41, 5.74) is 7.56. The van der Waals surface area contributed by atoms with Crippen molar-refractivity contribution in [2.75, 3.05) is 13.1 Å². The zero-order valence-electron chi connectivity index (χ0n) is 49.1. The lowest BCUT2D eigenvalue weighted by atomic mass is 9.91. The van der Waals surface area contributed by atoms with E-state index in [0.717, 1.165) is 55.6 Å². The number of aromatic nitrogens is 2. The first-order valence-electron chi connectivity index (χ1n) is 28.1. The van der Waals surface area contributed by atoms with Gasteiger partial charge in [-0.15, -0.1) is 0 Å². The monoisotopic (exact) mass is 1120 g/mol. The normalized spacial score (nSPS) is 15.7. The van der Waals surface area contributed by atoms with E-state index in [1.54, 1.807) is 72.7 Å². The molecule has 3 heterocycles. The van der Waals surface area contributed by atoms with Crippen LogP contribution in [0.3, 0.4) is 0 Å². The molecule has 5 aromatic rings. The number of benzene rings is 4. The number of nitrogens with zero attached hydrogens (tertiary/aromatic N) is 3. The van der Waals surface area contributed by atoms with E-state index in [1.807, 2.05) is 76.2 Å². The number of H-pyrrole nitrogens is 1. The van der Waals surface area contributed by atoms with Gasteiger partial charge in [0.15, 0.2) is 0 Å². The molecule has 0 bridgehead atoms. The summed E-state index contributed by atoms with van der Waals surface area (Å²) in [4.78, 5) is 108. The van der Waals surface area contributed by atoms with Crippen LogP contribution in [0, 0.1) is 34.6 Å². The lowest BCUT2D eigenvalue weighted by molar-refractivity contribution is -0.143. The van der Waals surface area contributed by atoms with Crippen molar-refractivity contribution in [3.05, 3.63) is 156 Å². The first-order chi connectivity index (χ1) is 38.6. The number of amides is 6. The van der Waals surface area contributed by atoms with Gasteiger partial charge < -0.3 is 55.7 Å². The van der Waals surface area contributed by atoms with Crippen molar-refractivity contribution in [2.45, 2.75) is 176 Å². The molecule has 1 aromatic heterocycles. The molecule has 4 aromatic carbocycles. The van der Waals surface area contributed by atoms with Crippen LogP contribution in [0.2, 0.25) is 0 Å². The highest BCUT2D eigenvalue weighted by Gasteiger charge is 2.41. The van der Waals surface area contributed by atoms with Crippen molar-refractivity contribution >= 4 is 35.8 Å². The standard InChI is InChI=1S/C63H80N8O11/c1-36-26-45(72)27-37(2)47(36)32-51(68-60(79)81-62(6,7)8)58(77)70-34-43-20-14-12-18-41(43)30-53(70)56(75)64-24-16-22-49-40(5)66-50(55(74)67-49)23-17-25-65-57(76)54-31-42-19-13-15-21-44(42)35-71(54)59(78)52(69-61(80)82-63(9,10)11)33-48-38(3)28-46(73)29-39(48)4/h12-15,18-21,26-29,51-54,72-73H,16-17,22-25,30-35H2,1-11H3,(H,64,75)(H,65,76)(H,67,74)(H,68,79)(H,69,80)/t51-,52-,53-,54-/m0/s1. The van der Waals surface area contributed by atoms with Crippen LogP contribution in [-0.2, 0) is 80.3 Å². The zero-order chi connectivity index (χ0) is 59.8. The van der Waals surface area contributed by atoms with Crippen LogP contribution < -0.4 is 26.8 Å². The van der Waals surface area contributed by atoms with Gasteiger partial charge in [-0.1, -0.05) is 48.5 Å². The van der Waals surface area contributed by atoms with E-state index in [-0.39, 0.29) is 87.2 Å². The maximum Gasteiger partial charge on any atom is 0.408 e. The number of phenolic OH excluding ortho intramolecular Hbond substituents is 2. The van der Waals surface area contributed by atoms with Crippen molar-refractivity contribution in [3.8, 4) is 11.5 Å². The van der Waals surface area contributed by atoms with E-state index in [1.165, 1.54) is 9.80 Å². The first-order valence-corrected chi connectivity index (χ1v) is 28.1. The third-order valence-corrected chi connectivity index (χ3v) is 14.9. The van der Waals surface area contributed by atoms with Crippen molar-refractivity contribution < 1.29 is 48.5 Å². The largest absolute Gasteiger partial charge is 0.508 e. The number of ether oxygens (including phenoxy) is 2. The highest BCUT2D eigenvalue weighted by Crippen LogP contribution is 2.30. The molecule has 0 fully saturated rings. The lowest BCUT2D eigenvalue weighted by Crippen LogP contribution is -2.58. The number of carbonyl (C=O) groups excluding carboxylic acids is 6. The smallest absolute Gasteiger partial charge is 0.408 e. The van der Waals surface area contributed by atoms with E-state index in [0.29, 0.717) is 36.3 Å². The molecule has 0 aliphatic carbocycles. The van der Waals surface area contributed by atoms with Crippen LogP contribution in [-0.4, -0.2) is 114 Å². The Bertz CT molecular complexity index is 3220. The van der Waals surface area contributed by atoms with Gasteiger partial charge in [-0.05, 0) is 182 Å². The Kier molecular flexibility index (Phi) is 19.6. The summed E-state index contributed by atoms with van der Waals surface area (Å²) < 4.78 is 11.2. The molecule has 4 atom stereocenters. The van der Waals surface area contributed by atoms with Gasteiger partial charge in [-0.3, -0.25) is 29.0 Å². The number of phenols is 2. The molecule has 7 N–H and O–H groups in total. The SMILES string of the molecule is Cc1cc(O)cc(C)c1C[C@H](NC(=O)OC(C)(C)C)C(=O)N1Cc2ccccc2C[C@H]1C(=O)NCCCc1[nH]c(=O)c(CCCNC(=O)[C@@H]2Cc3ccccc3CN2C(=O)[C@H](Cc2c(C)cc(O)cc2C)NC(=O)OC(C)(C)C)nc1C. The highest BCUT2D eigenvalue weighted by atomic mass is 16.6. The Morgan fingerprint density at radius 1 is 0.610 bits per heavy atom. The van der Waals surface area contributed by atoms with Gasteiger partial charge in [0, 0.05) is 57.6 Å². The number of aryl methyl sites for hydroxylation is 7. The highest BCUT2D eigenvalue weighted by molar-refractivity contribution is 5.93. The van der Waals surface area contributed by atoms with Gasteiger partial charge in [0.05, 0.1) is 5.69 Å². The molecule has 19 heteroatoms. The predicted molar refractivity (Wildman–Crippen MR) is 310 cm³/mol. The number of hydrogen-bond donors (Lipinski definition) is 7. The molecular weight excluding hydrogens is 1040 g/mol. The number of rotatable bonds is 18. The molecule has 438 valence electrons. The van der Waals surface area contributed by atoms with Crippen LogP contribution >= 0.6 is 0 Å². The van der Waals surface area contributed by atoms with Gasteiger partial charge >= 0.3 is 12.2 Å². The Morgan fingerprint density at radius 2 is 0.988 bits per heavy atom. The van der Waals surface area contributed by atoms with Crippen molar-refractivity contribution in [1.82, 2.24) is 41.0 Å². The molecule has 0 radical (unpaired) electrons. The third kappa shape index (κ3) is 16.0. The summed E-state index contributed by atoms with van der Waals surface area (Å²) in [5.74, 6) is -1.52. The van der Waals surface area contributed by atoms with Gasteiger partial charge in [-0.25, -0.2) is 9.59 Å². The molecule has 0 unspecified atom stereocenters. The summed E-state index contributed by atoms with van der Waals surface area (Å²) in [6.07, 6.45) is 0.536. The van der Waals surface area contributed by atoms with Gasteiger partial charge in [0.2, 0.25) is 23.6 Å². The predicted octanol–water partition coefficient (Wildman–Crippen LogP) is 7.00. The van der Waals surface area contributed by atoms with Gasteiger partial charge in [0.25, 0.3) is 5.56 Å². The fourth-order valence-electron chi connectivity index (χ4n) is 10.9. The molecule has 2 aliphatic rings. The van der Waals surface area contributed by atoms with Crippen LogP contribution in [0.15, 0.2) is 77.6 Å². The molecule has 7 rings (SSSR count). The van der Waals surface area contributed by atoms with Crippen LogP contribution in [0.25, 0.3) is 0 Å². The average molecular weight is 1130 g/mol. The zero-order valence-corrected chi connectivity index (χ0v) is 49.1. The molecule has 0 saturated heterocycles. The summed E-state index contributed by atoms with van der Waals surface area (Å²) in [5, 5.41) is 32.1. The molecule has 2 aliphatic heterocycles. The van der Waals surface area contributed by atoms with E-state index in [2.05, 4.69) is 31.2 Å². The van der Waals surface area contributed by atoms with Crippen LogP contribution in [0.5, 0.6) is 11.5 Å². The molecule has 0 saturated carbocycles. The van der Waals surface area contributed by atoms with Crippen LogP contribution in [0.4, 0.5) is 9.59 Å².